The number of alkyl halides is 2. The van der Waals surface area contributed by atoms with Crippen LogP contribution in [0.5, 0.6) is 0 Å². The molecule has 0 radical (unpaired) electrons. The Hall–Kier alpha value is -1.81. The molecule has 1 fully saturated rings. The predicted octanol–water partition coefficient (Wildman–Crippen LogP) is 1.25. The van der Waals surface area contributed by atoms with Crippen LogP contribution in [0.25, 0.3) is 0 Å². The molecule has 1 unspecified atom stereocenters. The number of methoxy groups -OCH3 is 1. The van der Waals surface area contributed by atoms with Crippen LogP contribution in [-0.2, 0) is 19.6 Å². The Bertz CT molecular complexity index is 775. The van der Waals surface area contributed by atoms with Gasteiger partial charge in [-0.25, -0.2) is 21.9 Å². The minimum absolute atomic E-state index is 0.334. The monoisotopic (exact) mass is 361 g/mol. The van der Waals surface area contributed by atoms with Gasteiger partial charge in [-0.1, -0.05) is 12.2 Å². The summed E-state index contributed by atoms with van der Waals surface area (Å²) in [7, 11) is -2.79. The summed E-state index contributed by atoms with van der Waals surface area (Å²) in [6, 6.07) is -0.593. The van der Waals surface area contributed by atoms with Gasteiger partial charge in [-0.2, -0.15) is 5.10 Å². The number of nitrogens with one attached hydrogen (secondary N) is 1. The summed E-state index contributed by atoms with van der Waals surface area (Å²) in [5.74, 6) is -3.98. The lowest BCUT2D eigenvalue weighted by atomic mass is 9.90. The van der Waals surface area contributed by atoms with Gasteiger partial charge in [-0.05, 0) is 18.9 Å². The number of halogens is 2. The standard InChI is InChI=1S/C14H17F2N3O4S/c1-23-13(20)9-4-2-3-5-10(9)18-24(21,22)12-6-7-19(17-12)11-8-14(11,15)16/h2-3,6-7,9-11,18H,4-5,8H2,1H3/t9-,10+,11?/m1/s1. The van der Waals surface area contributed by atoms with Crippen molar-refractivity contribution in [2.45, 2.75) is 42.3 Å². The third kappa shape index (κ3) is 3.20. The molecule has 10 heteroatoms. The maximum absolute atomic E-state index is 13.1. The van der Waals surface area contributed by atoms with Crippen molar-refractivity contribution in [3.8, 4) is 0 Å². The molecule has 7 nitrogen and oxygen atoms in total. The molecule has 2 aliphatic carbocycles. The summed E-state index contributed by atoms with van der Waals surface area (Å²) in [6.45, 7) is 0. The molecule has 3 atom stereocenters. The highest BCUT2D eigenvalue weighted by atomic mass is 32.2. The molecule has 2 aliphatic rings. The first-order valence-electron chi connectivity index (χ1n) is 7.43. The highest BCUT2D eigenvalue weighted by molar-refractivity contribution is 7.89. The lowest BCUT2D eigenvalue weighted by Gasteiger charge is -2.26. The van der Waals surface area contributed by atoms with E-state index in [1.54, 1.807) is 12.2 Å². The molecular formula is C14H17F2N3O4S. The molecular weight excluding hydrogens is 344 g/mol. The largest absolute Gasteiger partial charge is 0.469 e. The van der Waals surface area contributed by atoms with Crippen LogP contribution in [0.15, 0.2) is 29.4 Å². The van der Waals surface area contributed by atoms with Crippen molar-refractivity contribution in [2.75, 3.05) is 7.11 Å². The van der Waals surface area contributed by atoms with Crippen molar-refractivity contribution >= 4 is 16.0 Å². The van der Waals surface area contributed by atoms with Crippen LogP contribution in [0, 0.1) is 5.92 Å². The molecule has 132 valence electrons. The molecule has 24 heavy (non-hydrogen) atoms. The Morgan fingerprint density at radius 2 is 2.08 bits per heavy atom. The Balaban J connectivity index is 1.76. The van der Waals surface area contributed by atoms with Gasteiger partial charge in [0.1, 0.15) is 6.04 Å². The number of ether oxygens (including phenoxy) is 1. The van der Waals surface area contributed by atoms with E-state index in [0.717, 1.165) is 4.68 Å². The smallest absolute Gasteiger partial charge is 0.310 e. The first-order chi connectivity index (χ1) is 11.2. The predicted molar refractivity (Wildman–Crippen MR) is 78.8 cm³/mol. The van der Waals surface area contributed by atoms with Gasteiger partial charge in [0, 0.05) is 18.7 Å². The normalized spacial score (nSPS) is 28.5. The second kappa shape index (κ2) is 5.92. The van der Waals surface area contributed by atoms with Crippen LogP contribution >= 0.6 is 0 Å². The fourth-order valence-electron chi connectivity index (χ4n) is 2.74. The molecule has 0 spiro atoms. The lowest BCUT2D eigenvalue weighted by Crippen LogP contribution is -2.44. The molecule has 0 bridgehead atoms. The van der Waals surface area contributed by atoms with Crippen molar-refractivity contribution in [2.24, 2.45) is 5.92 Å². The van der Waals surface area contributed by atoms with Crippen LogP contribution < -0.4 is 4.72 Å². The molecule has 1 N–H and O–H groups in total. The zero-order valence-corrected chi connectivity index (χ0v) is 13.7. The number of sulfonamides is 1. The maximum atomic E-state index is 13.1. The van der Waals surface area contributed by atoms with E-state index in [-0.39, 0.29) is 11.4 Å². The van der Waals surface area contributed by atoms with Gasteiger partial charge in [-0.15, -0.1) is 0 Å². The number of hydrogen-bond donors (Lipinski definition) is 1. The van der Waals surface area contributed by atoms with E-state index in [1.807, 2.05) is 0 Å². The molecule has 1 aromatic heterocycles. The highest BCUT2D eigenvalue weighted by Crippen LogP contribution is 2.52. The van der Waals surface area contributed by atoms with Crippen molar-refractivity contribution in [3.63, 3.8) is 0 Å². The van der Waals surface area contributed by atoms with Gasteiger partial charge in [0.25, 0.3) is 15.9 Å². The number of hydrogen-bond acceptors (Lipinski definition) is 5. The molecule has 0 saturated heterocycles. The van der Waals surface area contributed by atoms with Gasteiger partial charge in [0.15, 0.2) is 5.03 Å². The molecule has 0 aliphatic heterocycles. The summed E-state index contributed by atoms with van der Waals surface area (Å²) in [5, 5.41) is 3.40. The fraction of sp³-hybridized carbons (Fsp3) is 0.571. The second-order valence-electron chi connectivity index (χ2n) is 5.92. The van der Waals surface area contributed by atoms with Crippen LogP contribution in [-0.4, -0.2) is 43.2 Å². The third-order valence-electron chi connectivity index (χ3n) is 4.21. The Kier molecular flexibility index (Phi) is 4.20. The quantitative estimate of drug-likeness (QED) is 0.630. The minimum atomic E-state index is -4.03. The number of aromatic nitrogens is 2. The molecule has 0 aromatic carbocycles. The Morgan fingerprint density at radius 1 is 1.42 bits per heavy atom. The van der Waals surface area contributed by atoms with Crippen molar-refractivity contribution in [1.82, 2.24) is 14.5 Å². The number of carbonyl (C=O) groups excluding carboxylic acids is 1. The van der Waals surface area contributed by atoms with E-state index >= 15 is 0 Å². The minimum Gasteiger partial charge on any atom is -0.469 e. The summed E-state index contributed by atoms with van der Waals surface area (Å²) < 4.78 is 59.0. The van der Waals surface area contributed by atoms with Crippen LogP contribution in [0.2, 0.25) is 0 Å². The number of allylic oxidation sites excluding steroid dienone is 1. The lowest BCUT2D eigenvalue weighted by molar-refractivity contribution is -0.146. The van der Waals surface area contributed by atoms with Crippen molar-refractivity contribution in [3.05, 3.63) is 24.4 Å². The number of esters is 1. The number of carbonyl (C=O) groups is 1. The molecule has 1 aromatic rings. The zero-order chi connectivity index (χ0) is 17.5. The molecule has 0 amide bonds. The van der Waals surface area contributed by atoms with Crippen LogP contribution in [0.3, 0.4) is 0 Å². The third-order valence-corrected chi connectivity index (χ3v) is 5.60. The van der Waals surface area contributed by atoms with Gasteiger partial charge >= 0.3 is 5.97 Å². The van der Waals surface area contributed by atoms with Crippen molar-refractivity contribution < 1.29 is 26.7 Å². The topological polar surface area (TPSA) is 90.3 Å². The van der Waals surface area contributed by atoms with E-state index in [1.165, 1.54) is 19.4 Å². The van der Waals surface area contributed by atoms with Crippen molar-refractivity contribution in [1.29, 1.82) is 0 Å². The SMILES string of the molecule is COC(=O)[C@@H]1CC=CC[C@@H]1NS(=O)(=O)c1ccn(C2CC2(F)F)n1. The van der Waals surface area contributed by atoms with E-state index < -0.39 is 39.9 Å². The van der Waals surface area contributed by atoms with E-state index in [4.69, 9.17) is 4.74 Å². The highest BCUT2D eigenvalue weighted by Gasteiger charge is 2.59. The summed E-state index contributed by atoms with van der Waals surface area (Å²) in [6.07, 6.45) is 5.13. The van der Waals surface area contributed by atoms with Gasteiger partial charge in [-0.3, -0.25) is 9.48 Å². The first-order valence-corrected chi connectivity index (χ1v) is 8.91. The first kappa shape index (κ1) is 17.0. The van der Waals surface area contributed by atoms with Gasteiger partial charge < -0.3 is 4.74 Å². The van der Waals surface area contributed by atoms with Gasteiger partial charge in [0.05, 0.1) is 13.0 Å². The average molecular weight is 361 g/mol. The Labute approximate surface area is 137 Å². The van der Waals surface area contributed by atoms with Crippen LogP contribution in [0.1, 0.15) is 25.3 Å². The Morgan fingerprint density at radius 3 is 2.71 bits per heavy atom. The van der Waals surface area contributed by atoms with Crippen LogP contribution in [0.4, 0.5) is 8.78 Å². The average Bonchev–Trinajstić information content (AvgIpc) is 2.96. The molecule has 1 heterocycles. The summed E-state index contributed by atoms with van der Waals surface area (Å²) in [4.78, 5) is 11.8. The number of rotatable bonds is 5. The molecule has 3 rings (SSSR count). The van der Waals surface area contributed by atoms with E-state index in [9.17, 15) is 22.0 Å². The van der Waals surface area contributed by atoms with Gasteiger partial charge in [0.2, 0.25) is 0 Å². The fourth-order valence-corrected chi connectivity index (χ4v) is 3.96. The zero-order valence-electron chi connectivity index (χ0n) is 12.9. The summed E-state index contributed by atoms with van der Waals surface area (Å²) >= 11 is 0. The maximum Gasteiger partial charge on any atom is 0.310 e. The summed E-state index contributed by atoms with van der Waals surface area (Å²) in [5.41, 5.74) is 0. The van der Waals surface area contributed by atoms with E-state index in [0.29, 0.717) is 12.8 Å². The second-order valence-corrected chi connectivity index (χ2v) is 7.58. The van der Waals surface area contributed by atoms with E-state index in [2.05, 4.69) is 9.82 Å². The molecule has 1 saturated carbocycles. The number of nitrogens with zero attached hydrogens (tertiary/aromatic N) is 2.